The van der Waals surface area contributed by atoms with Crippen LogP contribution in [0, 0.1) is 17.3 Å². The third-order valence-electron chi connectivity index (χ3n) is 7.00. The van der Waals surface area contributed by atoms with E-state index >= 15 is 0 Å². The van der Waals surface area contributed by atoms with Crippen LogP contribution in [0.15, 0.2) is 42.5 Å². The number of amides is 4. The van der Waals surface area contributed by atoms with E-state index in [4.69, 9.17) is 23.2 Å². The monoisotopic (exact) mass is 471 g/mol. The van der Waals surface area contributed by atoms with Gasteiger partial charge in [-0.1, -0.05) is 55.2 Å². The normalized spacial score (nSPS) is 29.6. The van der Waals surface area contributed by atoms with Gasteiger partial charge in [-0.3, -0.25) is 14.9 Å². The summed E-state index contributed by atoms with van der Waals surface area (Å²) in [6, 6.07) is 11.3. The molecule has 4 amide bonds. The summed E-state index contributed by atoms with van der Waals surface area (Å²) >= 11 is 12.5. The summed E-state index contributed by atoms with van der Waals surface area (Å²) in [7, 11) is 0. The van der Waals surface area contributed by atoms with Crippen molar-refractivity contribution in [1.82, 2.24) is 5.32 Å². The first-order valence-electron chi connectivity index (χ1n) is 10.7. The van der Waals surface area contributed by atoms with Crippen molar-refractivity contribution >= 4 is 52.4 Å². The van der Waals surface area contributed by atoms with Crippen molar-refractivity contribution in [2.45, 2.75) is 32.7 Å². The molecule has 0 unspecified atom stereocenters. The lowest BCUT2D eigenvalue weighted by atomic mass is 9.62. The molecule has 5 rings (SSSR count). The first-order chi connectivity index (χ1) is 15.2. The molecule has 1 N–H and O–H groups in total. The predicted octanol–water partition coefficient (Wildman–Crippen LogP) is 4.67. The lowest BCUT2D eigenvalue weighted by Crippen LogP contribution is -2.74. The number of rotatable bonds is 1. The van der Waals surface area contributed by atoms with Crippen molar-refractivity contribution in [3.63, 3.8) is 0 Å². The number of hydrogen-bond donors (Lipinski definition) is 1. The highest BCUT2D eigenvalue weighted by Gasteiger charge is 2.64. The second-order valence-electron chi connectivity index (χ2n) is 9.19. The van der Waals surface area contributed by atoms with Gasteiger partial charge in [-0.15, -0.1) is 0 Å². The number of anilines is 2. The zero-order valence-electron chi connectivity index (χ0n) is 17.8. The molecule has 32 heavy (non-hydrogen) atoms. The Labute approximate surface area is 196 Å². The van der Waals surface area contributed by atoms with Crippen molar-refractivity contribution in [2.24, 2.45) is 17.3 Å². The third-order valence-corrected chi connectivity index (χ3v) is 7.55. The third kappa shape index (κ3) is 2.96. The van der Waals surface area contributed by atoms with Gasteiger partial charge in [0, 0.05) is 17.3 Å². The van der Waals surface area contributed by atoms with E-state index in [1.807, 2.05) is 24.3 Å². The van der Waals surface area contributed by atoms with Gasteiger partial charge in [-0.25, -0.2) is 9.69 Å². The number of benzene rings is 2. The second-order valence-corrected chi connectivity index (χ2v) is 10.0. The van der Waals surface area contributed by atoms with E-state index in [-0.39, 0.29) is 29.1 Å². The molecule has 0 aliphatic carbocycles. The van der Waals surface area contributed by atoms with Crippen LogP contribution in [0.1, 0.15) is 25.8 Å². The molecule has 166 valence electrons. The van der Waals surface area contributed by atoms with Gasteiger partial charge in [-0.05, 0) is 54.5 Å². The highest BCUT2D eigenvalue weighted by atomic mass is 35.5. The molecule has 2 aromatic rings. The first kappa shape index (κ1) is 21.3. The Morgan fingerprint density at radius 2 is 1.78 bits per heavy atom. The van der Waals surface area contributed by atoms with E-state index in [1.54, 1.807) is 6.07 Å². The average molecular weight is 472 g/mol. The van der Waals surface area contributed by atoms with Crippen LogP contribution in [0.3, 0.4) is 0 Å². The summed E-state index contributed by atoms with van der Waals surface area (Å²) in [6.45, 7) is 5.00. The average Bonchev–Trinajstić information content (AvgIpc) is 2.74. The van der Waals surface area contributed by atoms with Crippen LogP contribution >= 0.6 is 23.2 Å². The minimum absolute atomic E-state index is 0.0618. The van der Waals surface area contributed by atoms with Gasteiger partial charge in [0.1, 0.15) is 0 Å². The maximum Gasteiger partial charge on any atom is 0.335 e. The summed E-state index contributed by atoms with van der Waals surface area (Å²) in [4.78, 5) is 43.8. The number of barbiturate groups is 1. The molecule has 3 aliphatic rings. The number of piperidine rings is 1. The predicted molar refractivity (Wildman–Crippen MR) is 124 cm³/mol. The molecule has 3 heterocycles. The number of halogens is 2. The van der Waals surface area contributed by atoms with Gasteiger partial charge in [0.25, 0.3) is 5.91 Å². The Kier molecular flexibility index (Phi) is 4.98. The Morgan fingerprint density at radius 3 is 2.56 bits per heavy atom. The van der Waals surface area contributed by atoms with Crippen LogP contribution in [-0.2, 0) is 16.0 Å². The van der Waals surface area contributed by atoms with E-state index in [9.17, 15) is 14.4 Å². The van der Waals surface area contributed by atoms with Crippen LogP contribution in [0.5, 0.6) is 0 Å². The molecule has 1 spiro atoms. The van der Waals surface area contributed by atoms with Crippen molar-refractivity contribution < 1.29 is 14.4 Å². The van der Waals surface area contributed by atoms with Gasteiger partial charge >= 0.3 is 6.03 Å². The number of carbonyl (C=O) groups is 3. The molecule has 8 heteroatoms. The summed E-state index contributed by atoms with van der Waals surface area (Å²) < 4.78 is 0. The Bertz CT molecular complexity index is 1150. The highest BCUT2D eigenvalue weighted by molar-refractivity contribution is 6.39. The zero-order valence-corrected chi connectivity index (χ0v) is 19.3. The molecule has 6 nitrogen and oxygen atoms in total. The molecule has 0 aromatic heterocycles. The van der Waals surface area contributed by atoms with E-state index < -0.39 is 23.3 Å². The van der Waals surface area contributed by atoms with Gasteiger partial charge in [0.05, 0.1) is 16.8 Å². The number of hydrogen-bond acceptors (Lipinski definition) is 4. The lowest BCUT2D eigenvalue weighted by Gasteiger charge is -2.56. The number of fused-ring (bicyclic) bond motifs is 4. The van der Waals surface area contributed by atoms with E-state index in [1.165, 1.54) is 12.1 Å². The van der Waals surface area contributed by atoms with Crippen molar-refractivity contribution in [3.05, 3.63) is 58.1 Å². The lowest BCUT2D eigenvalue weighted by molar-refractivity contribution is -0.146. The molecule has 0 radical (unpaired) electrons. The summed E-state index contributed by atoms with van der Waals surface area (Å²) in [5.74, 6) is -0.632. The van der Waals surface area contributed by atoms with Crippen LogP contribution in [-0.4, -0.2) is 30.4 Å². The fraction of sp³-hybridized carbons (Fsp3) is 0.375. The fourth-order valence-corrected chi connectivity index (χ4v) is 6.25. The summed E-state index contributed by atoms with van der Waals surface area (Å²) in [5.41, 5.74) is 0.690. The number of imide groups is 2. The molecular weight excluding hydrogens is 449 g/mol. The van der Waals surface area contributed by atoms with Crippen molar-refractivity contribution in [3.8, 4) is 0 Å². The molecule has 4 atom stereocenters. The van der Waals surface area contributed by atoms with Crippen molar-refractivity contribution in [1.29, 1.82) is 0 Å². The zero-order chi connectivity index (χ0) is 22.8. The number of nitrogens with zero attached hydrogens (tertiary/aromatic N) is 2. The molecule has 3 aliphatic heterocycles. The minimum atomic E-state index is -1.45. The summed E-state index contributed by atoms with van der Waals surface area (Å²) in [6.07, 6.45) is 1.10. The molecule has 0 saturated carbocycles. The Hall–Kier alpha value is -2.57. The number of carbonyl (C=O) groups excluding carboxylic acids is 3. The maximum absolute atomic E-state index is 14.2. The molecular formula is C24H23Cl2N3O3. The number of urea groups is 1. The summed E-state index contributed by atoms with van der Waals surface area (Å²) in [5, 5.41) is 3.01. The number of para-hydroxylation sites is 1. The van der Waals surface area contributed by atoms with Gasteiger partial charge in [0.2, 0.25) is 5.91 Å². The first-order valence-corrected chi connectivity index (χ1v) is 11.5. The molecule has 2 fully saturated rings. The largest absolute Gasteiger partial charge is 0.366 e. The van der Waals surface area contributed by atoms with Gasteiger partial charge in [0.15, 0.2) is 5.41 Å². The van der Waals surface area contributed by atoms with Crippen LogP contribution < -0.4 is 15.1 Å². The van der Waals surface area contributed by atoms with Crippen molar-refractivity contribution in [2.75, 3.05) is 16.3 Å². The smallest absolute Gasteiger partial charge is 0.335 e. The minimum Gasteiger partial charge on any atom is -0.366 e. The van der Waals surface area contributed by atoms with Crippen LogP contribution in [0.25, 0.3) is 0 Å². The fourth-order valence-electron chi connectivity index (χ4n) is 5.89. The van der Waals surface area contributed by atoms with E-state index in [2.05, 4.69) is 24.1 Å². The number of nitrogens with one attached hydrogen (secondary N) is 1. The SMILES string of the molecule is C[C@@H]1C[C@H](C)[C@H]2N(C1)c1ccccc1C[C@@]21C(=O)NC(=O)N(c2cc(Cl)ccc2Cl)C1=O. The second kappa shape index (κ2) is 7.49. The Balaban J connectivity index is 1.71. The van der Waals surface area contributed by atoms with Crippen LogP contribution in [0.2, 0.25) is 10.0 Å². The van der Waals surface area contributed by atoms with Crippen LogP contribution in [0.4, 0.5) is 16.2 Å². The topological polar surface area (TPSA) is 69.7 Å². The van der Waals surface area contributed by atoms with Gasteiger partial charge < -0.3 is 4.90 Å². The maximum atomic E-state index is 14.2. The molecule has 2 aromatic carbocycles. The van der Waals surface area contributed by atoms with E-state index in [0.717, 1.165) is 29.1 Å². The molecule has 0 bridgehead atoms. The van der Waals surface area contributed by atoms with Gasteiger partial charge in [-0.2, -0.15) is 0 Å². The Morgan fingerprint density at radius 1 is 1.03 bits per heavy atom. The van der Waals surface area contributed by atoms with E-state index in [0.29, 0.717) is 10.9 Å². The highest BCUT2D eigenvalue weighted by Crippen LogP contribution is 2.50. The quantitative estimate of drug-likeness (QED) is 0.613. The molecule has 2 saturated heterocycles. The standard InChI is InChI=1S/C24H23Cl2N3O3/c1-13-9-14(2)20-24(11-15-5-3-4-6-18(15)28(20)12-13)21(30)27-23(32)29(22(24)31)19-10-16(25)7-8-17(19)26/h3-8,10,13-14,20H,9,11-12H2,1-2H3,(H,27,30,32)/t13-,14+,20-,24+/m1/s1.